The normalized spacial score (nSPS) is 18.1. The molecule has 1 heterocycles. The molecule has 0 spiro atoms. The molecule has 3 rings (SSSR count). The Kier molecular flexibility index (Phi) is 6.61. The van der Waals surface area contributed by atoms with E-state index in [1.54, 1.807) is 37.3 Å². The van der Waals surface area contributed by atoms with Gasteiger partial charge in [-0.1, -0.05) is 36.4 Å². The van der Waals surface area contributed by atoms with E-state index in [1.165, 1.54) is 0 Å². The number of hydrogen-bond acceptors (Lipinski definition) is 6. The highest BCUT2D eigenvalue weighted by atomic mass is 16.5. The molecule has 0 fully saturated rings. The summed E-state index contributed by atoms with van der Waals surface area (Å²) in [6.07, 6.45) is 0.255. The lowest BCUT2D eigenvalue weighted by atomic mass is 9.96. The van der Waals surface area contributed by atoms with Gasteiger partial charge in [0.25, 0.3) is 0 Å². The van der Waals surface area contributed by atoms with Crippen LogP contribution in [0.15, 0.2) is 48.5 Å². The maximum absolute atomic E-state index is 12.7. The van der Waals surface area contributed by atoms with Crippen LogP contribution in [0.4, 0.5) is 5.69 Å². The van der Waals surface area contributed by atoms with Crippen molar-refractivity contribution in [1.29, 1.82) is 0 Å². The van der Waals surface area contributed by atoms with Crippen LogP contribution >= 0.6 is 0 Å². The van der Waals surface area contributed by atoms with Crippen LogP contribution in [0.5, 0.6) is 0 Å². The SMILES string of the molecule is CCOC(=O)CC1Nc2cc(C(=O)O)ccc2CNC1CC(=O)c1ccccc1. The predicted octanol–water partition coefficient (Wildman–Crippen LogP) is 2.86. The van der Waals surface area contributed by atoms with E-state index in [0.29, 0.717) is 17.8 Å². The summed E-state index contributed by atoms with van der Waals surface area (Å²) >= 11 is 0. The molecule has 7 nitrogen and oxygen atoms in total. The number of ketones is 1. The number of esters is 1. The molecular formula is C22H24N2O5. The van der Waals surface area contributed by atoms with Gasteiger partial charge in [0.15, 0.2) is 5.78 Å². The first-order chi connectivity index (χ1) is 14.0. The van der Waals surface area contributed by atoms with Crippen LogP contribution in [0.2, 0.25) is 0 Å². The molecule has 0 radical (unpaired) electrons. The maximum Gasteiger partial charge on any atom is 0.335 e. The van der Waals surface area contributed by atoms with E-state index in [0.717, 1.165) is 5.56 Å². The van der Waals surface area contributed by atoms with E-state index in [-0.39, 0.29) is 42.8 Å². The molecule has 2 aromatic rings. The highest BCUT2D eigenvalue weighted by Gasteiger charge is 2.30. The zero-order chi connectivity index (χ0) is 20.8. The van der Waals surface area contributed by atoms with Crippen molar-refractivity contribution in [1.82, 2.24) is 5.32 Å². The largest absolute Gasteiger partial charge is 0.478 e. The molecule has 0 bridgehead atoms. The fourth-order valence-corrected chi connectivity index (χ4v) is 3.43. The summed E-state index contributed by atoms with van der Waals surface area (Å²) in [5.41, 5.74) is 2.28. The summed E-state index contributed by atoms with van der Waals surface area (Å²) in [5.74, 6) is -1.43. The molecule has 0 saturated carbocycles. The maximum atomic E-state index is 12.7. The summed E-state index contributed by atoms with van der Waals surface area (Å²) in [4.78, 5) is 36.2. The van der Waals surface area contributed by atoms with Crippen molar-refractivity contribution in [3.8, 4) is 0 Å². The van der Waals surface area contributed by atoms with Gasteiger partial charge in [0, 0.05) is 30.3 Å². The number of nitrogens with one attached hydrogen (secondary N) is 2. The quantitative estimate of drug-likeness (QED) is 0.488. The van der Waals surface area contributed by atoms with Crippen LogP contribution in [-0.2, 0) is 16.1 Å². The third kappa shape index (κ3) is 5.20. The van der Waals surface area contributed by atoms with Gasteiger partial charge in [-0.15, -0.1) is 0 Å². The highest BCUT2D eigenvalue weighted by Crippen LogP contribution is 2.25. The number of rotatable bonds is 7. The Labute approximate surface area is 169 Å². The van der Waals surface area contributed by atoms with Crippen molar-refractivity contribution in [3.63, 3.8) is 0 Å². The number of carbonyl (C=O) groups excluding carboxylic acids is 2. The summed E-state index contributed by atoms with van der Waals surface area (Å²) in [6.45, 7) is 2.46. The van der Waals surface area contributed by atoms with Crippen LogP contribution in [0.3, 0.4) is 0 Å². The third-order valence-corrected chi connectivity index (χ3v) is 4.93. The van der Waals surface area contributed by atoms with Crippen molar-refractivity contribution < 1.29 is 24.2 Å². The van der Waals surface area contributed by atoms with Crippen molar-refractivity contribution >= 4 is 23.4 Å². The first kappa shape index (κ1) is 20.5. The second kappa shape index (κ2) is 9.34. The van der Waals surface area contributed by atoms with Gasteiger partial charge in [0.1, 0.15) is 0 Å². The van der Waals surface area contributed by atoms with Gasteiger partial charge in [-0.2, -0.15) is 0 Å². The predicted molar refractivity (Wildman–Crippen MR) is 108 cm³/mol. The number of anilines is 1. The minimum Gasteiger partial charge on any atom is -0.478 e. The molecule has 1 aliphatic heterocycles. The van der Waals surface area contributed by atoms with Gasteiger partial charge >= 0.3 is 11.9 Å². The number of hydrogen-bond donors (Lipinski definition) is 3. The zero-order valence-electron chi connectivity index (χ0n) is 16.2. The Morgan fingerprint density at radius 3 is 2.48 bits per heavy atom. The average Bonchev–Trinajstić information content (AvgIpc) is 2.87. The molecule has 2 unspecified atom stereocenters. The lowest BCUT2D eigenvalue weighted by molar-refractivity contribution is -0.143. The minimum atomic E-state index is -1.02. The van der Waals surface area contributed by atoms with Gasteiger partial charge in [0.05, 0.1) is 24.6 Å². The molecule has 1 aliphatic rings. The molecule has 0 saturated heterocycles. The summed E-state index contributed by atoms with van der Waals surface area (Å²) in [7, 11) is 0. The Morgan fingerprint density at radius 2 is 1.79 bits per heavy atom. The van der Waals surface area contributed by atoms with E-state index >= 15 is 0 Å². The topological polar surface area (TPSA) is 105 Å². The fraction of sp³-hybridized carbons (Fsp3) is 0.318. The van der Waals surface area contributed by atoms with Crippen LogP contribution < -0.4 is 10.6 Å². The van der Waals surface area contributed by atoms with E-state index in [9.17, 15) is 19.5 Å². The third-order valence-electron chi connectivity index (χ3n) is 4.93. The van der Waals surface area contributed by atoms with Crippen molar-refractivity contribution in [2.45, 2.75) is 38.4 Å². The lowest BCUT2D eigenvalue weighted by Gasteiger charge is -2.26. The smallest absolute Gasteiger partial charge is 0.335 e. The Morgan fingerprint density at radius 1 is 1.03 bits per heavy atom. The van der Waals surface area contributed by atoms with Gasteiger partial charge in [-0.05, 0) is 24.6 Å². The van der Waals surface area contributed by atoms with E-state index in [2.05, 4.69) is 10.6 Å². The van der Waals surface area contributed by atoms with Gasteiger partial charge in [-0.3, -0.25) is 9.59 Å². The molecule has 0 aliphatic carbocycles. The van der Waals surface area contributed by atoms with Gasteiger partial charge in [-0.25, -0.2) is 4.79 Å². The molecule has 29 heavy (non-hydrogen) atoms. The summed E-state index contributed by atoms with van der Waals surface area (Å²) in [6, 6.07) is 13.1. The number of carbonyl (C=O) groups is 3. The second-order valence-electron chi connectivity index (χ2n) is 6.92. The molecular weight excluding hydrogens is 372 g/mol. The molecule has 2 aromatic carbocycles. The van der Waals surface area contributed by atoms with Crippen molar-refractivity contribution in [3.05, 3.63) is 65.2 Å². The number of carboxylic acid groups (broad SMARTS) is 1. The first-order valence-electron chi connectivity index (χ1n) is 9.58. The number of aromatic carboxylic acids is 1. The van der Waals surface area contributed by atoms with Crippen LogP contribution in [0.25, 0.3) is 0 Å². The molecule has 7 heteroatoms. The standard InChI is InChI=1S/C22H24N2O5/c1-2-29-21(26)12-19-18(11-20(25)14-6-4-3-5-7-14)23-13-16-9-8-15(22(27)28)10-17(16)24-19/h3-10,18-19,23-24H,2,11-13H2,1H3,(H,27,28). The molecule has 0 aromatic heterocycles. The second-order valence-corrected chi connectivity index (χ2v) is 6.92. The molecule has 0 amide bonds. The zero-order valence-corrected chi connectivity index (χ0v) is 16.2. The van der Waals surface area contributed by atoms with E-state index in [1.807, 2.05) is 18.2 Å². The Bertz CT molecular complexity index is 897. The van der Waals surface area contributed by atoms with Crippen molar-refractivity contribution in [2.75, 3.05) is 11.9 Å². The molecule has 152 valence electrons. The lowest BCUT2D eigenvalue weighted by Crippen LogP contribution is -2.44. The van der Waals surface area contributed by atoms with E-state index < -0.39 is 12.0 Å². The highest BCUT2D eigenvalue weighted by molar-refractivity contribution is 5.96. The Balaban J connectivity index is 1.84. The summed E-state index contributed by atoms with van der Waals surface area (Å²) in [5, 5.41) is 15.9. The molecule has 3 N–H and O–H groups in total. The van der Waals surface area contributed by atoms with Gasteiger partial charge < -0.3 is 20.5 Å². The number of Topliss-reactive ketones (excluding diaryl/α,β-unsaturated/α-hetero) is 1. The number of benzene rings is 2. The first-order valence-corrected chi connectivity index (χ1v) is 9.58. The summed E-state index contributed by atoms with van der Waals surface area (Å²) < 4.78 is 5.09. The average molecular weight is 396 g/mol. The van der Waals surface area contributed by atoms with E-state index in [4.69, 9.17) is 4.74 Å². The molecule has 2 atom stereocenters. The van der Waals surface area contributed by atoms with Gasteiger partial charge in [0.2, 0.25) is 0 Å². The van der Waals surface area contributed by atoms with Crippen molar-refractivity contribution in [2.24, 2.45) is 0 Å². The number of fused-ring (bicyclic) bond motifs is 1. The van der Waals surface area contributed by atoms with Crippen LogP contribution in [0.1, 0.15) is 46.0 Å². The van der Waals surface area contributed by atoms with Crippen LogP contribution in [0, 0.1) is 0 Å². The van der Waals surface area contributed by atoms with Crippen LogP contribution in [-0.4, -0.2) is 41.5 Å². The monoisotopic (exact) mass is 396 g/mol. The minimum absolute atomic E-state index is 0.0315. The Hall–Kier alpha value is -3.19. The number of ether oxygens (including phenoxy) is 1. The fourth-order valence-electron chi connectivity index (χ4n) is 3.43. The number of carboxylic acids is 1.